The van der Waals surface area contributed by atoms with Gasteiger partial charge in [-0.1, -0.05) is 199 Å². The molecule has 0 aromatic rings. The van der Waals surface area contributed by atoms with Crippen molar-refractivity contribution >= 4 is 19.8 Å². The van der Waals surface area contributed by atoms with Crippen molar-refractivity contribution in [2.75, 3.05) is 13.2 Å². The van der Waals surface area contributed by atoms with Crippen LogP contribution in [0.25, 0.3) is 0 Å². The summed E-state index contributed by atoms with van der Waals surface area (Å²) in [6.07, 6.45) is 32.3. The van der Waals surface area contributed by atoms with Crippen LogP contribution in [0.5, 0.6) is 0 Å². The monoisotopic (exact) mass is 933 g/mol. The van der Waals surface area contributed by atoms with Crippen molar-refractivity contribution in [2.24, 2.45) is 0 Å². The van der Waals surface area contributed by atoms with E-state index in [1.54, 1.807) is 0 Å². The van der Waals surface area contributed by atoms with Crippen LogP contribution in [0.2, 0.25) is 0 Å². The standard InChI is InChI=1S/C50H93O13P/c1-3-5-7-9-11-13-15-17-19-20-21-22-23-25-27-29-31-33-35-37-39-44(52)62-42(41-61-64(58,59)63-50-48(56)46(54)45(53)47(55)49(50)57)40-60-43(51)38-36-34-32-30-28-26-24-18-16-14-12-10-8-6-4-2/h14,16,18,24,42,45-50,53-57H,3-13,15,17,19-23,25-41H2,1-2H3,(H,58,59)/b16-14+,24-18+/t42-,45?,46-,47?,48?,49?,50?/m1/s1. The SMILES string of the molecule is CCCCCC/C=C/C=C/CCCCCCCC(=O)OC[C@H](COP(=O)(O)OC1C(O)C(O)C(O)[C@@H](O)C1O)OC(=O)CCCCCCCCCCCCCCCCCCCCCC. The average molecular weight is 933 g/mol. The molecular weight excluding hydrogens is 840 g/mol. The highest BCUT2D eigenvalue weighted by Crippen LogP contribution is 2.47. The molecule has 1 fully saturated rings. The van der Waals surface area contributed by atoms with Gasteiger partial charge in [0.25, 0.3) is 0 Å². The fraction of sp³-hybridized carbons (Fsp3) is 0.880. The average Bonchev–Trinajstić information content (AvgIpc) is 3.28. The molecule has 64 heavy (non-hydrogen) atoms. The van der Waals surface area contributed by atoms with Gasteiger partial charge in [0.2, 0.25) is 0 Å². The molecule has 1 aliphatic rings. The summed E-state index contributed by atoms with van der Waals surface area (Å²) in [4.78, 5) is 35.8. The van der Waals surface area contributed by atoms with Gasteiger partial charge in [-0.2, -0.15) is 0 Å². The number of carbonyl (C=O) groups is 2. The zero-order chi connectivity index (χ0) is 47.1. The molecular formula is C50H93O13P. The molecule has 0 aliphatic heterocycles. The van der Waals surface area contributed by atoms with Gasteiger partial charge in [0.1, 0.15) is 43.2 Å². The summed E-state index contributed by atoms with van der Waals surface area (Å²) < 4.78 is 33.6. The van der Waals surface area contributed by atoms with E-state index in [2.05, 4.69) is 38.2 Å². The number of hydrogen-bond acceptors (Lipinski definition) is 12. The van der Waals surface area contributed by atoms with Gasteiger partial charge < -0.3 is 39.9 Å². The smallest absolute Gasteiger partial charge is 0.462 e. The third kappa shape index (κ3) is 32.1. The van der Waals surface area contributed by atoms with E-state index in [0.717, 1.165) is 57.8 Å². The van der Waals surface area contributed by atoms with E-state index < -0.39 is 75.7 Å². The normalized spacial score (nSPS) is 21.7. The summed E-state index contributed by atoms with van der Waals surface area (Å²) >= 11 is 0. The van der Waals surface area contributed by atoms with Crippen molar-refractivity contribution in [3.63, 3.8) is 0 Å². The number of aliphatic hydroxyl groups excluding tert-OH is 5. The van der Waals surface area contributed by atoms with E-state index in [9.17, 15) is 44.6 Å². The highest BCUT2D eigenvalue weighted by molar-refractivity contribution is 7.47. The highest BCUT2D eigenvalue weighted by Gasteiger charge is 2.51. The molecule has 0 amide bonds. The first-order valence-electron chi connectivity index (χ1n) is 25.7. The molecule has 0 saturated heterocycles. The number of aliphatic hydroxyl groups is 5. The lowest BCUT2D eigenvalue weighted by molar-refractivity contribution is -0.220. The van der Waals surface area contributed by atoms with Gasteiger partial charge in [0, 0.05) is 12.8 Å². The van der Waals surface area contributed by atoms with Gasteiger partial charge in [-0.05, 0) is 38.5 Å². The number of allylic oxidation sites excluding steroid dienone is 4. The van der Waals surface area contributed by atoms with Crippen LogP contribution in [0.15, 0.2) is 24.3 Å². The molecule has 0 aromatic carbocycles. The maximum atomic E-state index is 12.8. The molecule has 376 valence electrons. The van der Waals surface area contributed by atoms with Crippen molar-refractivity contribution in [3.05, 3.63) is 24.3 Å². The lowest BCUT2D eigenvalue weighted by Gasteiger charge is -2.41. The lowest BCUT2D eigenvalue weighted by Crippen LogP contribution is -2.64. The minimum atomic E-state index is -5.12. The summed E-state index contributed by atoms with van der Waals surface area (Å²) in [5, 5.41) is 50.2. The fourth-order valence-corrected chi connectivity index (χ4v) is 8.90. The van der Waals surface area contributed by atoms with E-state index in [4.69, 9.17) is 18.5 Å². The molecule has 6 N–H and O–H groups in total. The van der Waals surface area contributed by atoms with Crippen LogP contribution in [0.3, 0.4) is 0 Å². The molecule has 1 rings (SSSR count). The number of phosphoric ester groups is 1. The first kappa shape index (κ1) is 60.3. The first-order valence-corrected chi connectivity index (χ1v) is 27.2. The Morgan fingerprint density at radius 1 is 0.484 bits per heavy atom. The Kier molecular flexibility index (Phi) is 38.1. The van der Waals surface area contributed by atoms with Gasteiger partial charge in [-0.25, -0.2) is 4.57 Å². The molecule has 1 saturated carbocycles. The summed E-state index contributed by atoms with van der Waals surface area (Å²) in [6, 6.07) is 0. The Morgan fingerprint density at radius 3 is 1.25 bits per heavy atom. The second-order valence-corrected chi connectivity index (χ2v) is 19.5. The second kappa shape index (κ2) is 40.4. The third-order valence-corrected chi connectivity index (χ3v) is 13.1. The quantitative estimate of drug-likeness (QED) is 0.0146. The van der Waals surface area contributed by atoms with Gasteiger partial charge >= 0.3 is 19.8 Å². The number of phosphoric acid groups is 1. The van der Waals surface area contributed by atoms with E-state index >= 15 is 0 Å². The number of esters is 2. The van der Waals surface area contributed by atoms with Crippen molar-refractivity contribution in [3.8, 4) is 0 Å². The minimum Gasteiger partial charge on any atom is -0.462 e. The predicted molar refractivity (Wildman–Crippen MR) is 254 cm³/mol. The van der Waals surface area contributed by atoms with Crippen molar-refractivity contribution in [1.82, 2.24) is 0 Å². The van der Waals surface area contributed by atoms with Gasteiger partial charge in [-0.3, -0.25) is 18.6 Å². The predicted octanol–water partition coefficient (Wildman–Crippen LogP) is 10.8. The maximum absolute atomic E-state index is 12.8. The van der Waals surface area contributed by atoms with E-state index in [-0.39, 0.29) is 12.8 Å². The van der Waals surface area contributed by atoms with Crippen molar-refractivity contribution in [2.45, 2.75) is 268 Å². The Hall–Kier alpha value is -1.67. The Bertz CT molecular complexity index is 1220. The van der Waals surface area contributed by atoms with Crippen molar-refractivity contribution in [1.29, 1.82) is 0 Å². The van der Waals surface area contributed by atoms with Gasteiger partial charge in [0.15, 0.2) is 6.10 Å². The van der Waals surface area contributed by atoms with Crippen LogP contribution in [0.1, 0.15) is 226 Å². The van der Waals surface area contributed by atoms with Crippen LogP contribution in [-0.2, 0) is 32.7 Å². The molecule has 0 aromatic heterocycles. The number of carbonyl (C=O) groups excluding carboxylic acids is 2. The van der Waals surface area contributed by atoms with Crippen LogP contribution in [0, 0.1) is 0 Å². The van der Waals surface area contributed by atoms with Crippen LogP contribution in [0.4, 0.5) is 0 Å². The van der Waals surface area contributed by atoms with E-state index in [1.807, 2.05) is 0 Å². The fourth-order valence-electron chi connectivity index (χ4n) is 7.93. The number of rotatable bonds is 43. The van der Waals surface area contributed by atoms with Crippen LogP contribution >= 0.6 is 7.82 Å². The highest BCUT2D eigenvalue weighted by atomic mass is 31.2. The summed E-state index contributed by atoms with van der Waals surface area (Å²) in [6.45, 7) is 3.30. The molecule has 0 spiro atoms. The molecule has 6 unspecified atom stereocenters. The number of unbranched alkanes of at least 4 members (excludes halogenated alkanes) is 28. The summed E-state index contributed by atoms with van der Waals surface area (Å²) in [5.74, 6) is -1.11. The van der Waals surface area contributed by atoms with E-state index in [0.29, 0.717) is 12.8 Å². The Morgan fingerprint density at radius 2 is 0.828 bits per heavy atom. The lowest BCUT2D eigenvalue weighted by atomic mass is 9.85. The molecule has 0 heterocycles. The number of hydrogen-bond donors (Lipinski definition) is 6. The topological polar surface area (TPSA) is 210 Å². The maximum Gasteiger partial charge on any atom is 0.472 e. The zero-order valence-electron chi connectivity index (χ0n) is 40.1. The Balaban J connectivity index is 2.39. The second-order valence-electron chi connectivity index (χ2n) is 18.1. The van der Waals surface area contributed by atoms with E-state index in [1.165, 1.54) is 128 Å². The molecule has 14 heteroatoms. The minimum absolute atomic E-state index is 0.0981. The van der Waals surface area contributed by atoms with Gasteiger partial charge in [0.05, 0.1) is 6.61 Å². The molecule has 0 radical (unpaired) electrons. The summed E-state index contributed by atoms with van der Waals surface area (Å²) in [5.41, 5.74) is 0. The first-order chi connectivity index (χ1) is 30.9. The Labute approximate surface area is 387 Å². The third-order valence-electron chi connectivity index (χ3n) is 12.1. The largest absolute Gasteiger partial charge is 0.472 e. The molecule has 1 aliphatic carbocycles. The molecule has 13 nitrogen and oxygen atoms in total. The van der Waals surface area contributed by atoms with Crippen LogP contribution in [-0.4, -0.2) is 98.3 Å². The zero-order valence-corrected chi connectivity index (χ0v) is 41.0. The van der Waals surface area contributed by atoms with Crippen LogP contribution < -0.4 is 0 Å². The molecule has 8 atom stereocenters. The van der Waals surface area contributed by atoms with Crippen molar-refractivity contribution < 1.29 is 63.1 Å². The number of ether oxygens (including phenoxy) is 2. The molecule has 0 bridgehead atoms. The van der Waals surface area contributed by atoms with Gasteiger partial charge in [-0.15, -0.1) is 0 Å². The summed E-state index contributed by atoms with van der Waals surface area (Å²) in [7, 11) is -5.12.